The largest absolute Gasteiger partial charge is 0.481 e. The fourth-order valence-electron chi connectivity index (χ4n) is 8.46. The molecule has 65 heavy (non-hydrogen) atoms. The number of nitrogens with zero attached hydrogens (tertiary/aromatic N) is 9. The zero-order chi connectivity index (χ0) is 46.5. The molecule has 0 aliphatic carbocycles. The highest BCUT2D eigenvalue weighted by Crippen LogP contribution is 2.23. The van der Waals surface area contributed by atoms with Crippen LogP contribution in [-0.4, -0.2) is 126 Å². The number of fused-ring (bicyclic) bond motifs is 2. The van der Waals surface area contributed by atoms with Gasteiger partial charge in [-0.05, 0) is 74.9 Å². The van der Waals surface area contributed by atoms with Gasteiger partial charge in [-0.25, -0.2) is 19.0 Å². The molecule has 6 aromatic rings. The minimum absolute atomic E-state index is 0.177. The van der Waals surface area contributed by atoms with Gasteiger partial charge in [0.25, 0.3) is 5.97 Å². The number of carbonyl (C=O) groups excluding carboxylic acids is 1. The first-order chi connectivity index (χ1) is 31.3. The SMILES string of the molecule is CC(=O)O.CCc1nn2c(C)cc(C)nc2c1Cc1ccc(/C=C/CN2CCN(C(C)=O)CC2)cc1.CCc1nn2c(C)cc(C)nc2c1Cc1ccc(/C=C/CN2CCNCC2)cc1. The molecule has 8 rings (SSSR count). The number of nitrogens with one attached hydrogen (secondary N) is 1. The lowest BCUT2D eigenvalue weighted by Crippen LogP contribution is -2.47. The zero-order valence-corrected chi connectivity index (χ0v) is 39.8. The second-order valence-electron chi connectivity index (χ2n) is 17.1. The van der Waals surface area contributed by atoms with Crippen LogP contribution in [0.2, 0.25) is 0 Å². The minimum atomic E-state index is -0.833. The molecule has 344 valence electrons. The van der Waals surface area contributed by atoms with Gasteiger partial charge in [-0.2, -0.15) is 10.2 Å². The van der Waals surface area contributed by atoms with Crippen LogP contribution in [0.1, 0.15) is 95.2 Å². The maximum absolute atomic E-state index is 11.4. The van der Waals surface area contributed by atoms with Gasteiger partial charge in [0.15, 0.2) is 11.3 Å². The molecule has 0 unspecified atom stereocenters. The van der Waals surface area contributed by atoms with Crippen molar-refractivity contribution < 1.29 is 14.7 Å². The highest BCUT2D eigenvalue weighted by Gasteiger charge is 2.19. The molecule has 1 amide bonds. The number of aromatic nitrogens is 6. The number of aliphatic carboxylic acids is 1. The van der Waals surface area contributed by atoms with E-state index < -0.39 is 5.97 Å². The van der Waals surface area contributed by atoms with Crippen molar-refractivity contribution in [1.82, 2.24) is 49.2 Å². The summed E-state index contributed by atoms with van der Waals surface area (Å²) >= 11 is 0. The predicted octanol–water partition coefficient (Wildman–Crippen LogP) is 7.19. The summed E-state index contributed by atoms with van der Waals surface area (Å²) < 4.78 is 3.98. The van der Waals surface area contributed by atoms with Crippen molar-refractivity contribution in [2.24, 2.45) is 0 Å². The lowest BCUT2D eigenvalue weighted by Gasteiger charge is -2.33. The number of benzene rings is 2. The molecule has 2 N–H and O–H groups in total. The van der Waals surface area contributed by atoms with E-state index in [1.807, 2.05) is 20.9 Å². The van der Waals surface area contributed by atoms with Crippen LogP contribution in [0.25, 0.3) is 23.4 Å². The Morgan fingerprint density at radius 2 is 1.03 bits per heavy atom. The van der Waals surface area contributed by atoms with E-state index in [9.17, 15) is 4.79 Å². The number of aryl methyl sites for hydroxylation is 6. The van der Waals surface area contributed by atoms with Crippen LogP contribution in [0, 0.1) is 27.7 Å². The van der Waals surface area contributed by atoms with Crippen LogP contribution in [-0.2, 0) is 35.3 Å². The number of carboxylic acids is 1. The van der Waals surface area contributed by atoms with Crippen molar-refractivity contribution in [1.29, 1.82) is 0 Å². The van der Waals surface area contributed by atoms with Crippen LogP contribution in [0.4, 0.5) is 0 Å². The Morgan fingerprint density at radius 3 is 1.42 bits per heavy atom. The molecule has 6 heterocycles. The molecular formula is C52H68N10O3. The first-order valence-electron chi connectivity index (χ1n) is 23.1. The van der Waals surface area contributed by atoms with E-state index >= 15 is 0 Å². The summed E-state index contributed by atoms with van der Waals surface area (Å²) in [4.78, 5) is 36.8. The van der Waals surface area contributed by atoms with E-state index in [1.54, 1.807) is 6.92 Å². The van der Waals surface area contributed by atoms with Gasteiger partial charge in [0, 0.05) is 126 Å². The molecule has 13 nitrogen and oxygen atoms in total. The Morgan fingerprint density at radius 1 is 0.631 bits per heavy atom. The van der Waals surface area contributed by atoms with E-state index in [-0.39, 0.29) is 5.91 Å². The smallest absolute Gasteiger partial charge is 0.300 e. The molecule has 0 saturated carbocycles. The van der Waals surface area contributed by atoms with Gasteiger partial charge in [-0.3, -0.25) is 19.4 Å². The first kappa shape index (κ1) is 48.4. The fraction of sp³-hybridized carbons (Fsp3) is 0.423. The molecule has 4 aromatic heterocycles. The third kappa shape index (κ3) is 13.5. The summed E-state index contributed by atoms with van der Waals surface area (Å²) in [6.45, 7) is 25.3. The number of carbonyl (C=O) groups is 2. The Balaban J connectivity index is 0.000000200. The van der Waals surface area contributed by atoms with Crippen LogP contribution < -0.4 is 5.32 Å². The molecule has 2 aromatic carbocycles. The van der Waals surface area contributed by atoms with Crippen molar-refractivity contribution >= 4 is 35.3 Å². The van der Waals surface area contributed by atoms with E-state index in [0.29, 0.717) is 0 Å². The zero-order valence-electron chi connectivity index (χ0n) is 39.8. The molecule has 0 spiro atoms. The summed E-state index contributed by atoms with van der Waals surface area (Å²) in [5.41, 5.74) is 16.1. The highest BCUT2D eigenvalue weighted by molar-refractivity contribution is 5.73. The van der Waals surface area contributed by atoms with Gasteiger partial charge < -0.3 is 15.3 Å². The topological polar surface area (TPSA) is 136 Å². The third-order valence-electron chi connectivity index (χ3n) is 11.9. The third-order valence-corrected chi connectivity index (χ3v) is 11.9. The molecule has 2 aliphatic heterocycles. The van der Waals surface area contributed by atoms with Crippen molar-refractivity contribution in [3.05, 3.63) is 140 Å². The minimum Gasteiger partial charge on any atom is -0.481 e. The average Bonchev–Trinajstić information content (AvgIpc) is 3.82. The van der Waals surface area contributed by atoms with Gasteiger partial charge in [-0.15, -0.1) is 0 Å². The maximum atomic E-state index is 11.4. The number of amides is 1. The van der Waals surface area contributed by atoms with Gasteiger partial charge in [0.2, 0.25) is 5.91 Å². The Hall–Kier alpha value is -6.02. The average molecular weight is 881 g/mol. The summed E-state index contributed by atoms with van der Waals surface area (Å²) in [6.07, 6.45) is 12.4. The normalized spacial score (nSPS) is 14.8. The molecule has 13 heteroatoms. The van der Waals surface area contributed by atoms with E-state index in [2.05, 4.69) is 135 Å². The number of rotatable bonds is 12. The summed E-state index contributed by atoms with van der Waals surface area (Å²) in [5, 5.41) is 20.4. The molecule has 2 saturated heterocycles. The standard InChI is InChI=1S/C26H33N5O.C24H31N5.C2H4O2/c1-5-25-24(26-27-19(2)17-20(3)31(26)28-25)18-23-10-8-22(9-11-23)7-6-12-29-13-15-30(16-14-29)21(4)32;1-4-23-22(24-26-18(2)16-19(3)29(24)27-23)17-21-9-7-20(8-10-21)6-5-13-28-14-11-25-12-15-28;1-2(3)4/h6-11,17H,5,12-16,18H2,1-4H3;5-10,16,25H,4,11-15,17H2,1-3H3;1H3,(H,3,4)/b7-6+;6-5+;. The molecule has 2 fully saturated rings. The van der Waals surface area contributed by atoms with Gasteiger partial charge >= 0.3 is 0 Å². The van der Waals surface area contributed by atoms with Gasteiger partial charge in [0.1, 0.15) is 0 Å². The fourth-order valence-corrected chi connectivity index (χ4v) is 8.46. The molecule has 2 aliphatic rings. The van der Waals surface area contributed by atoms with Gasteiger partial charge in [0.05, 0.1) is 11.4 Å². The Bertz CT molecular complexity index is 2570. The highest BCUT2D eigenvalue weighted by atomic mass is 16.4. The second kappa shape index (κ2) is 23.3. The van der Waals surface area contributed by atoms with E-state index in [1.165, 1.54) is 33.4 Å². The molecule has 0 bridgehead atoms. The van der Waals surface area contributed by atoms with Gasteiger partial charge in [-0.1, -0.05) is 86.7 Å². The van der Waals surface area contributed by atoms with E-state index in [0.717, 1.165) is 144 Å². The lowest BCUT2D eigenvalue weighted by atomic mass is 10.0. The van der Waals surface area contributed by atoms with Crippen molar-refractivity contribution in [3.63, 3.8) is 0 Å². The first-order valence-corrected chi connectivity index (χ1v) is 23.1. The molecular weight excluding hydrogens is 813 g/mol. The number of carboxylic acid groups (broad SMARTS) is 1. The molecule has 0 radical (unpaired) electrons. The van der Waals surface area contributed by atoms with Crippen molar-refractivity contribution in [2.45, 2.75) is 81.1 Å². The van der Waals surface area contributed by atoms with Crippen LogP contribution in [0.5, 0.6) is 0 Å². The second-order valence-corrected chi connectivity index (χ2v) is 17.1. The molecule has 0 atom stereocenters. The summed E-state index contributed by atoms with van der Waals surface area (Å²) in [6, 6.07) is 21.8. The quantitative estimate of drug-likeness (QED) is 0.130. The number of hydrogen-bond acceptors (Lipinski definition) is 9. The Labute approximate surface area is 384 Å². The van der Waals surface area contributed by atoms with Crippen molar-refractivity contribution in [2.75, 3.05) is 65.4 Å². The summed E-state index contributed by atoms with van der Waals surface area (Å²) in [5.74, 6) is -0.656. The van der Waals surface area contributed by atoms with Crippen LogP contribution in [0.3, 0.4) is 0 Å². The van der Waals surface area contributed by atoms with Crippen LogP contribution in [0.15, 0.2) is 72.8 Å². The Kier molecular flexibility index (Phi) is 17.3. The predicted molar refractivity (Wildman–Crippen MR) is 262 cm³/mol. The number of hydrogen-bond donors (Lipinski definition) is 2. The van der Waals surface area contributed by atoms with E-state index in [4.69, 9.17) is 30.1 Å². The van der Waals surface area contributed by atoms with Crippen molar-refractivity contribution in [3.8, 4) is 0 Å². The van der Waals surface area contributed by atoms with Crippen LogP contribution >= 0.6 is 0 Å². The lowest BCUT2D eigenvalue weighted by molar-refractivity contribution is -0.134. The summed E-state index contributed by atoms with van der Waals surface area (Å²) in [7, 11) is 0. The monoisotopic (exact) mass is 881 g/mol. The number of piperazine rings is 2. The maximum Gasteiger partial charge on any atom is 0.300 e.